The molecule has 2 aromatic rings. The average molecular weight is 254 g/mol. The van der Waals surface area contributed by atoms with Crippen LogP contribution in [0.25, 0.3) is 11.1 Å². The maximum absolute atomic E-state index is 11.0. The lowest BCUT2D eigenvalue weighted by molar-refractivity contribution is -0.384. The molecular weight excluding hydrogens is 242 g/mol. The number of aryl methyl sites for hydroxylation is 2. The molecule has 0 unspecified atom stereocenters. The summed E-state index contributed by atoms with van der Waals surface area (Å²) in [5.74, 6) is 0. The average Bonchev–Trinajstić information content (AvgIpc) is 2.36. The number of benzene rings is 2. The summed E-state index contributed by atoms with van der Waals surface area (Å²) in [5.41, 5.74) is 3.70. The Morgan fingerprint density at radius 1 is 1.05 bits per heavy atom. The van der Waals surface area contributed by atoms with Gasteiger partial charge in [-0.05, 0) is 31.0 Å². The molecule has 0 N–H and O–H groups in total. The third kappa shape index (κ3) is 2.68. The van der Waals surface area contributed by atoms with Crippen LogP contribution in [0.1, 0.15) is 16.7 Å². The third-order valence-electron chi connectivity index (χ3n) is 2.86. The molecule has 0 spiro atoms. The minimum Gasteiger partial charge on any atom is -0.285 e. The highest BCUT2D eigenvalue weighted by atomic mass is 16.6. The van der Waals surface area contributed by atoms with E-state index in [-0.39, 0.29) is 5.69 Å². The Hall–Kier alpha value is -2.49. The van der Waals surface area contributed by atoms with Crippen LogP contribution < -0.4 is 0 Å². The second-order valence-corrected chi connectivity index (χ2v) is 4.47. The molecule has 2 rings (SSSR count). The number of carbonyl (C=O) groups excluding carboxylic acids is 1. The van der Waals surface area contributed by atoms with Crippen molar-refractivity contribution in [3.63, 3.8) is 0 Å². The smallest absolute Gasteiger partial charge is 0.270 e. The Morgan fingerprint density at radius 3 is 2.21 bits per heavy atom. The van der Waals surface area contributed by atoms with Gasteiger partial charge in [-0.15, -0.1) is 0 Å². The lowest BCUT2D eigenvalue weighted by Gasteiger charge is -2.07. The summed E-state index contributed by atoms with van der Waals surface area (Å²) in [4.78, 5) is 21.3. The summed E-state index contributed by atoms with van der Waals surface area (Å²) in [6, 6.07) is 9.95. The molecule has 4 nitrogen and oxygen atoms in total. The minimum atomic E-state index is -0.471. The van der Waals surface area contributed by atoms with E-state index >= 15 is 0 Å². The number of rotatable bonds is 3. The van der Waals surface area contributed by atoms with Gasteiger partial charge in [0.1, 0.15) is 0 Å². The molecule has 0 aromatic heterocycles. The summed E-state index contributed by atoms with van der Waals surface area (Å²) in [6.07, 6.45) is 1.83. The first-order valence-corrected chi connectivity index (χ1v) is 5.76. The molecule has 95 valence electrons. The first kappa shape index (κ1) is 13.0. The summed E-state index contributed by atoms with van der Waals surface area (Å²) < 4.78 is 0. The van der Waals surface area contributed by atoms with E-state index in [2.05, 4.69) is 0 Å². The van der Waals surface area contributed by atoms with Crippen LogP contribution in [0, 0.1) is 24.0 Å². The van der Waals surface area contributed by atoms with Crippen molar-refractivity contribution in [1.82, 2.24) is 0 Å². The fourth-order valence-electron chi connectivity index (χ4n) is 2.10. The van der Waals surface area contributed by atoms with Gasteiger partial charge in [0.05, 0.1) is 4.92 Å². The van der Waals surface area contributed by atoms with Gasteiger partial charge >= 0.3 is 0 Å². The fourth-order valence-corrected chi connectivity index (χ4v) is 2.10. The summed E-state index contributed by atoms with van der Waals surface area (Å²) in [6.45, 7) is 3.89. The molecule has 0 saturated carbocycles. The second-order valence-electron chi connectivity index (χ2n) is 4.47. The van der Waals surface area contributed by atoms with Crippen molar-refractivity contribution in [2.45, 2.75) is 13.8 Å². The summed E-state index contributed by atoms with van der Waals surface area (Å²) in [7, 11) is 0. The summed E-state index contributed by atoms with van der Waals surface area (Å²) >= 11 is 0. The van der Waals surface area contributed by atoms with Gasteiger partial charge in [-0.1, -0.05) is 29.3 Å². The first-order valence-electron chi connectivity index (χ1n) is 5.76. The van der Waals surface area contributed by atoms with E-state index in [9.17, 15) is 14.9 Å². The van der Waals surface area contributed by atoms with Crippen LogP contribution in [0.2, 0.25) is 0 Å². The number of hydrogen-bond donors (Lipinski definition) is 0. The lowest BCUT2D eigenvalue weighted by Crippen LogP contribution is -1.93. The number of hydrogen-bond acceptors (Lipinski definition) is 3. The predicted molar refractivity (Wildman–Crippen MR) is 72.8 cm³/mol. The van der Waals surface area contributed by atoms with Crippen molar-refractivity contribution in [1.29, 1.82) is 0 Å². The van der Waals surface area contributed by atoms with Crippen LogP contribution in [0.3, 0.4) is 0 Å². The van der Waals surface area contributed by atoms with E-state index in [4.69, 9.17) is 0 Å². The van der Waals surface area contributed by atoms with Crippen LogP contribution in [0.4, 0.5) is 5.69 Å². The monoisotopic (exact) mass is 254 g/mol. The van der Waals surface area contributed by atoms with E-state index in [0.29, 0.717) is 11.1 Å². The van der Waals surface area contributed by atoms with Gasteiger partial charge in [0.15, 0.2) is 0 Å². The molecule has 19 heavy (non-hydrogen) atoms. The van der Waals surface area contributed by atoms with E-state index in [1.165, 1.54) is 18.2 Å². The predicted octanol–water partition coefficient (Wildman–Crippen LogP) is 3.34. The summed E-state index contributed by atoms with van der Waals surface area (Å²) in [5, 5.41) is 10.8. The van der Waals surface area contributed by atoms with Crippen molar-refractivity contribution in [2.24, 2.45) is 0 Å². The molecule has 0 aliphatic heterocycles. The number of nitrogens with zero attached hydrogens (tertiary/aromatic N) is 1. The van der Waals surface area contributed by atoms with E-state index < -0.39 is 4.92 Å². The first-order chi connectivity index (χ1) is 9.01. The molecule has 4 heteroatoms. The molecule has 0 aliphatic carbocycles. The van der Waals surface area contributed by atoms with Gasteiger partial charge in [0.2, 0.25) is 6.29 Å². The van der Waals surface area contributed by atoms with E-state index in [0.717, 1.165) is 16.7 Å². The molecule has 0 bridgehead atoms. The van der Waals surface area contributed by atoms with Gasteiger partial charge < -0.3 is 0 Å². The number of nitro benzene ring substituents is 1. The largest absolute Gasteiger partial charge is 0.285 e. The van der Waals surface area contributed by atoms with Gasteiger partial charge in [-0.2, -0.15) is 0 Å². The van der Waals surface area contributed by atoms with Crippen LogP contribution in [0.15, 0.2) is 36.4 Å². The molecule has 0 aliphatic rings. The molecule has 0 amide bonds. The van der Waals surface area contributed by atoms with Gasteiger partial charge in [-0.25, -0.2) is 0 Å². The molecule has 0 atom stereocenters. The van der Waals surface area contributed by atoms with Crippen molar-refractivity contribution >= 4 is 12.0 Å². The van der Waals surface area contributed by atoms with Crippen LogP contribution >= 0.6 is 0 Å². The normalized spacial score (nSPS) is 10.2. The van der Waals surface area contributed by atoms with Crippen molar-refractivity contribution < 1.29 is 9.72 Å². The molecule has 0 heterocycles. The van der Waals surface area contributed by atoms with Crippen molar-refractivity contribution in [3.8, 4) is 11.1 Å². The SMILES string of the molecule is Cc1cc(C)cc(-c2cc([N+](=O)[O-])ccc2[C]=O)c1. The Bertz CT molecular complexity index is 642. The Morgan fingerprint density at radius 2 is 1.68 bits per heavy atom. The van der Waals surface area contributed by atoms with E-state index in [1.54, 1.807) is 0 Å². The quantitative estimate of drug-likeness (QED) is 0.623. The van der Waals surface area contributed by atoms with E-state index in [1.807, 2.05) is 38.3 Å². The maximum Gasteiger partial charge on any atom is 0.270 e. The maximum atomic E-state index is 11.0. The highest BCUT2D eigenvalue weighted by molar-refractivity contribution is 5.89. The highest BCUT2D eigenvalue weighted by Crippen LogP contribution is 2.28. The van der Waals surface area contributed by atoms with Crippen LogP contribution in [-0.2, 0) is 4.79 Å². The Balaban J connectivity index is 2.67. The van der Waals surface area contributed by atoms with Gasteiger partial charge in [0, 0.05) is 17.7 Å². The number of nitro groups is 1. The van der Waals surface area contributed by atoms with Crippen LogP contribution in [-0.4, -0.2) is 11.2 Å². The van der Waals surface area contributed by atoms with Crippen molar-refractivity contribution in [3.05, 3.63) is 63.2 Å². The highest BCUT2D eigenvalue weighted by Gasteiger charge is 2.13. The Kier molecular flexibility index (Phi) is 3.42. The zero-order chi connectivity index (χ0) is 14.0. The molecule has 1 radical (unpaired) electrons. The zero-order valence-corrected chi connectivity index (χ0v) is 10.6. The lowest BCUT2D eigenvalue weighted by atomic mass is 9.96. The van der Waals surface area contributed by atoms with Gasteiger partial charge in [-0.3, -0.25) is 14.9 Å². The Labute approximate surface area is 110 Å². The topological polar surface area (TPSA) is 60.2 Å². The third-order valence-corrected chi connectivity index (χ3v) is 2.86. The zero-order valence-electron chi connectivity index (χ0n) is 10.6. The molecule has 0 fully saturated rings. The molecule has 0 saturated heterocycles. The molecular formula is C15H12NO3. The second kappa shape index (κ2) is 5.02. The van der Waals surface area contributed by atoms with Crippen LogP contribution in [0.5, 0.6) is 0 Å². The molecule has 2 aromatic carbocycles. The fraction of sp³-hybridized carbons (Fsp3) is 0.133. The van der Waals surface area contributed by atoms with Crippen molar-refractivity contribution in [2.75, 3.05) is 0 Å². The minimum absolute atomic E-state index is 0.0341. The van der Waals surface area contributed by atoms with Gasteiger partial charge in [0.25, 0.3) is 5.69 Å². The standard InChI is InChI=1S/C15H12NO3/c1-10-5-11(2)7-13(6-10)15-8-14(16(18)19)4-3-12(15)9-17/h3-8H,1-2H3. The number of non-ortho nitro benzene ring substituents is 1.